The van der Waals surface area contributed by atoms with E-state index in [2.05, 4.69) is 0 Å². The molecule has 0 aromatic heterocycles. The molecular weight excluding hydrogens is 419 g/mol. The van der Waals surface area contributed by atoms with Gasteiger partial charge in [0.05, 0.1) is 6.61 Å². The number of hydrogen-bond donors (Lipinski definition) is 1. The summed E-state index contributed by atoms with van der Waals surface area (Å²) in [5.41, 5.74) is 2.05. The molecule has 170 valence electrons. The molecule has 5 heteroatoms. The first-order valence-corrected chi connectivity index (χ1v) is 11.1. The summed E-state index contributed by atoms with van der Waals surface area (Å²) in [5, 5.41) is 10.5. The molecule has 2 aliphatic rings. The van der Waals surface area contributed by atoms with Crippen LogP contribution in [0.25, 0.3) is 0 Å². The summed E-state index contributed by atoms with van der Waals surface area (Å²) >= 11 is 0. The molecule has 1 aliphatic carbocycles. The second kappa shape index (κ2) is 8.50. The summed E-state index contributed by atoms with van der Waals surface area (Å²) in [6.07, 6.45) is -2.84. The van der Waals surface area contributed by atoms with Crippen molar-refractivity contribution in [3.63, 3.8) is 0 Å². The first-order chi connectivity index (χ1) is 15.9. The molecule has 0 radical (unpaired) electrons. The number of fused-ring (bicyclic) bond motifs is 1. The minimum atomic E-state index is -1.37. The quantitative estimate of drug-likeness (QED) is 0.535. The molecule has 3 atom stereocenters. The molecule has 0 amide bonds. The van der Waals surface area contributed by atoms with Crippen LogP contribution in [0.4, 0.5) is 4.39 Å². The van der Waals surface area contributed by atoms with Gasteiger partial charge >= 0.3 is 0 Å². The summed E-state index contributed by atoms with van der Waals surface area (Å²) in [5.74, 6) is -1.54. The number of ether oxygens (including phenoxy) is 3. The van der Waals surface area contributed by atoms with E-state index >= 15 is 4.39 Å². The standard InChI is InChI=1S/C28H27FO4/c1-27(2)32-25-22(23(29)24(30)26(25)33-27)18-31-28(19-12-6-3-7-13-19,20-14-8-4-9-15-20)21-16-10-5-11-17-21/h3-17,24-26,30H,18H2,1-2H3/t24-,25-,26+/m1/s1. The van der Waals surface area contributed by atoms with Crippen LogP contribution in [0.2, 0.25) is 0 Å². The van der Waals surface area contributed by atoms with E-state index in [0.717, 1.165) is 16.7 Å². The minimum Gasteiger partial charge on any atom is -0.383 e. The Morgan fingerprint density at radius 3 is 1.73 bits per heavy atom. The van der Waals surface area contributed by atoms with Crippen LogP contribution >= 0.6 is 0 Å². The van der Waals surface area contributed by atoms with Crippen molar-refractivity contribution in [3.05, 3.63) is 119 Å². The van der Waals surface area contributed by atoms with E-state index in [1.54, 1.807) is 13.8 Å². The van der Waals surface area contributed by atoms with Crippen LogP contribution in [0, 0.1) is 0 Å². The lowest BCUT2D eigenvalue weighted by atomic mass is 9.80. The van der Waals surface area contributed by atoms with Crippen molar-refractivity contribution in [2.45, 2.75) is 43.5 Å². The Labute approximate surface area is 193 Å². The van der Waals surface area contributed by atoms with Gasteiger partial charge in [0.2, 0.25) is 0 Å². The lowest BCUT2D eigenvalue weighted by Gasteiger charge is -2.36. The van der Waals surface area contributed by atoms with Gasteiger partial charge in [-0.1, -0.05) is 91.0 Å². The average molecular weight is 447 g/mol. The third-order valence-electron chi connectivity index (χ3n) is 6.34. The van der Waals surface area contributed by atoms with Crippen LogP contribution in [-0.2, 0) is 19.8 Å². The molecule has 4 nitrogen and oxygen atoms in total. The van der Waals surface area contributed by atoms with Gasteiger partial charge in [-0.15, -0.1) is 0 Å². The number of rotatable bonds is 6. The molecule has 1 N–H and O–H groups in total. The van der Waals surface area contributed by atoms with Gasteiger partial charge in [0.25, 0.3) is 0 Å². The predicted octanol–water partition coefficient (Wildman–Crippen LogP) is 5.11. The highest BCUT2D eigenvalue weighted by Crippen LogP contribution is 2.45. The van der Waals surface area contributed by atoms with Crippen LogP contribution in [0.1, 0.15) is 30.5 Å². The summed E-state index contributed by atoms with van der Waals surface area (Å²) in [6, 6.07) is 29.7. The first kappa shape index (κ1) is 22.0. The molecule has 0 bridgehead atoms. The highest BCUT2D eigenvalue weighted by Gasteiger charge is 2.54. The Kier molecular flexibility index (Phi) is 5.67. The van der Waals surface area contributed by atoms with Gasteiger partial charge in [-0.25, -0.2) is 4.39 Å². The smallest absolute Gasteiger partial charge is 0.164 e. The zero-order valence-corrected chi connectivity index (χ0v) is 18.6. The summed E-state index contributed by atoms with van der Waals surface area (Å²) in [4.78, 5) is 0. The molecule has 0 saturated carbocycles. The van der Waals surface area contributed by atoms with E-state index in [0.29, 0.717) is 0 Å². The second-order valence-electron chi connectivity index (χ2n) is 8.91. The second-order valence-corrected chi connectivity index (χ2v) is 8.91. The molecule has 5 rings (SSSR count). The van der Waals surface area contributed by atoms with Gasteiger partial charge in [0.1, 0.15) is 29.7 Å². The largest absolute Gasteiger partial charge is 0.383 e. The topological polar surface area (TPSA) is 47.9 Å². The fraction of sp³-hybridized carbons (Fsp3) is 0.286. The fourth-order valence-electron chi connectivity index (χ4n) is 4.87. The minimum absolute atomic E-state index is 0.0673. The van der Waals surface area contributed by atoms with Gasteiger partial charge in [-0.3, -0.25) is 0 Å². The maximum atomic E-state index is 15.1. The molecule has 1 aliphatic heterocycles. The van der Waals surface area contributed by atoms with E-state index in [9.17, 15) is 5.11 Å². The van der Waals surface area contributed by atoms with Crippen molar-refractivity contribution in [3.8, 4) is 0 Å². The Hall–Kier alpha value is -2.83. The number of aliphatic hydroxyl groups is 1. The first-order valence-electron chi connectivity index (χ1n) is 11.1. The summed E-state index contributed by atoms with van der Waals surface area (Å²) in [6.45, 7) is 3.45. The Morgan fingerprint density at radius 1 is 0.818 bits per heavy atom. The maximum absolute atomic E-state index is 15.1. The highest BCUT2D eigenvalue weighted by atomic mass is 19.1. The van der Waals surface area contributed by atoms with Crippen molar-refractivity contribution >= 4 is 0 Å². The van der Waals surface area contributed by atoms with Crippen molar-refractivity contribution in [1.29, 1.82) is 0 Å². The third-order valence-corrected chi connectivity index (χ3v) is 6.34. The predicted molar refractivity (Wildman–Crippen MR) is 123 cm³/mol. The van der Waals surface area contributed by atoms with Crippen LogP contribution in [0.5, 0.6) is 0 Å². The Morgan fingerprint density at radius 2 is 1.27 bits per heavy atom. The van der Waals surface area contributed by atoms with Crippen molar-refractivity contribution in [2.75, 3.05) is 6.61 Å². The average Bonchev–Trinajstić information content (AvgIpc) is 3.27. The molecule has 3 aromatic rings. The number of aliphatic hydroxyl groups excluding tert-OH is 1. The third kappa shape index (κ3) is 3.81. The van der Waals surface area contributed by atoms with Gasteiger partial charge < -0.3 is 19.3 Å². The molecule has 1 saturated heterocycles. The molecule has 33 heavy (non-hydrogen) atoms. The van der Waals surface area contributed by atoms with Gasteiger partial charge in [-0.2, -0.15) is 0 Å². The van der Waals surface area contributed by atoms with Gasteiger partial charge in [0, 0.05) is 5.57 Å². The molecular formula is C28H27FO4. The van der Waals surface area contributed by atoms with Crippen molar-refractivity contribution < 1.29 is 23.7 Å². The summed E-state index contributed by atoms with van der Waals surface area (Å²) < 4.78 is 33.6. The van der Waals surface area contributed by atoms with Gasteiger partial charge in [0.15, 0.2) is 5.79 Å². The van der Waals surface area contributed by atoms with Crippen molar-refractivity contribution in [1.82, 2.24) is 0 Å². The number of halogens is 1. The molecule has 1 fully saturated rings. The molecule has 1 heterocycles. The molecule has 3 aromatic carbocycles. The molecule has 0 unspecified atom stereocenters. The van der Waals surface area contributed by atoms with Crippen LogP contribution in [-0.4, -0.2) is 35.8 Å². The van der Waals surface area contributed by atoms with E-state index in [1.165, 1.54) is 0 Å². The van der Waals surface area contributed by atoms with E-state index in [1.807, 2.05) is 91.0 Å². The van der Waals surface area contributed by atoms with Crippen LogP contribution < -0.4 is 0 Å². The maximum Gasteiger partial charge on any atom is 0.164 e. The SMILES string of the molecule is CC1(C)O[C@H]2[C@H](O)C(F)=C(COC(c3ccccc3)(c3ccccc3)c3ccccc3)[C@H]2O1. The monoisotopic (exact) mass is 446 g/mol. The summed E-state index contributed by atoms with van der Waals surface area (Å²) in [7, 11) is 0. The van der Waals surface area contributed by atoms with E-state index < -0.39 is 35.5 Å². The Balaban J connectivity index is 1.60. The van der Waals surface area contributed by atoms with Crippen LogP contribution in [0.3, 0.4) is 0 Å². The van der Waals surface area contributed by atoms with Gasteiger partial charge in [-0.05, 0) is 30.5 Å². The van der Waals surface area contributed by atoms with Crippen LogP contribution in [0.15, 0.2) is 102 Å². The zero-order chi connectivity index (χ0) is 23.1. The fourth-order valence-corrected chi connectivity index (χ4v) is 4.87. The molecule has 0 spiro atoms. The highest BCUT2D eigenvalue weighted by molar-refractivity contribution is 5.47. The van der Waals surface area contributed by atoms with E-state index in [4.69, 9.17) is 14.2 Å². The Bertz CT molecular complexity index is 1030. The zero-order valence-electron chi connectivity index (χ0n) is 18.6. The normalized spacial score (nSPS) is 24.2. The van der Waals surface area contributed by atoms with Crippen molar-refractivity contribution in [2.24, 2.45) is 0 Å². The van der Waals surface area contributed by atoms with E-state index in [-0.39, 0.29) is 12.2 Å². The number of hydrogen-bond acceptors (Lipinski definition) is 4. The number of benzene rings is 3. The lowest BCUT2D eigenvalue weighted by Crippen LogP contribution is -2.35. The lowest BCUT2D eigenvalue weighted by molar-refractivity contribution is -0.155.